The van der Waals surface area contributed by atoms with Gasteiger partial charge in [-0.1, -0.05) is 43.5 Å². The van der Waals surface area contributed by atoms with Crippen LogP contribution in [0.5, 0.6) is 0 Å². The third kappa shape index (κ3) is 2.85. The summed E-state index contributed by atoms with van der Waals surface area (Å²) in [5.41, 5.74) is 3.08. The van der Waals surface area contributed by atoms with Crippen LogP contribution >= 0.6 is 0 Å². The Bertz CT molecular complexity index is 433. The van der Waals surface area contributed by atoms with Crippen LogP contribution in [0.1, 0.15) is 12.5 Å². The van der Waals surface area contributed by atoms with Crippen molar-refractivity contribution >= 4 is 8.07 Å². The molecule has 17 heavy (non-hydrogen) atoms. The molecule has 1 fully saturated rings. The van der Waals surface area contributed by atoms with E-state index >= 15 is 0 Å². The van der Waals surface area contributed by atoms with Gasteiger partial charge in [-0.15, -0.1) is 0 Å². The standard InChI is InChI=1S/C14H19FOSi/c1-14(11-5-7-12(15)8-6-11)13(16-14)9-10-17(2,3)4/h5-10,13H,1-4H3/b10-9+/t13-,14-/m1/s1. The van der Waals surface area contributed by atoms with Crippen LogP contribution in [0, 0.1) is 5.82 Å². The van der Waals surface area contributed by atoms with E-state index in [9.17, 15) is 4.39 Å². The van der Waals surface area contributed by atoms with Crippen LogP contribution in [0.3, 0.4) is 0 Å². The van der Waals surface area contributed by atoms with Crippen molar-refractivity contribution < 1.29 is 9.13 Å². The maximum absolute atomic E-state index is 12.8. The van der Waals surface area contributed by atoms with Crippen LogP contribution in [-0.4, -0.2) is 14.2 Å². The third-order valence-electron chi connectivity index (χ3n) is 3.05. The molecule has 2 atom stereocenters. The summed E-state index contributed by atoms with van der Waals surface area (Å²) >= 11 is 0. The normalized spacial score (nSPS) is 28.6. The maximum Gasteiger partial charge on any atom is 0.123 e. The van der Waals surface area contributed by atoms with Crippen molar-refractivity contribution in [1.82, 2.24) is 0 Å². The number of hydrogen-bond acceptors (Lipinski definition) is 1. The quantitative estimate of drug-likeness (QED) is 0.586. The van der Waals surface area contributed by atoms with Crippen molar-refractivity contribution in [3.05, 3.63) is 47.4 Å². The number of benzene rings is 1. The minimum atomic E-state index is -1.17. The molecular weight excluding hydrogens is 231 g/mol. The first-order chi connectivity index (χ1) is 7.81. The van der Waals surface area contributed by atoms with Gasteiger partial charge in [-0.2, -0.15) is 0 Å². The zero-order valence-corrected chi connectivity index (χ0v) is 11.8. The van der Waals surface area contributed by atoms with Crippen LogP contribution in [0.2, 0.25) is 19.6 Å². The van der Waals surface area contributed by atoms with Crippen molar-refractivity contribution in [3.8, 4) is 0 Å². The van der Waals surface area contributed by atoms with Gasteiger partial charge in [-0.3, -0.25) is 0 Å². The number of ether oxygens (including phenoxy) is 1. The molecule has 2 rings (SSSR count). The molecule has 0 N–H and O–H groups in total. The van der Waals surface area contributed by atoms with Crippen molar-refractivity contribution in [2.45, 2.75) is 38.3 Å². The average molecular weight is 250 g/mol. The number of epoxide rings is 1. The first-order valence-corrected chi connectivity index (χ1v) is 9.52. The van der Waals surface area contributed by atoms with Gasteiger partial charge in [-0.05, 0) is 24.6 Å². The van der Waals surface area contributed by atoms with Gasteiger partial charge in [0.05, 0.1) is 8.07 Å². The average Bonchev–Trinajstić information content (AvgIpc) is 2.88. The van der Waals surface area contributed by atoms with E-state index in [4.69, 9.17) is 4.74 Å². The monoisotopic (exact) mass is 250 g/mol. The van der Waals surface area contributed by atoms with Gasteiger partial charge in [0.1, 0.15) is 17.5 Å². The Labute approximate surface area is 103 Å². The van der Waals surface area contributed by atoms with E-state index in [0.29, 0.717) is 0 Å². The fourth-order valence-corrected chi connectivity index (χ4v) is 2.59. The lowest BCUT2D eigenvalue weighted by atomic mass is 9.97. The van der Waals surface area contributed by atoms with Crippen molar-refractivity contribution in [2.24, 2.45) is 0 Å². The smallest absolute Gasteiger partial charge is 0.123 e. The molecule has 1 heterocycles. The van der Waals surface area contributed by atoms with Gasteiger partial charge >= 0.3 is 0 Å². The fraction of sp³-hybridized carbons (Fsp3) is 0.429. The van der Waals surface area contributed by atoms with E-state index in [1.54, 1.807) is 12.1 Å². The summed E-state index contributed by atoms with van der Waals surface area (Å²) in [6.45, 7) is 8.93. The molecule has 0 spiro atoms. The SMILES string of the molecule is C[C@]1(c2ccc(F)cc2)O[C@@H]1/C=C/[Si](C)(C)C. The van der Waals surface area contributed by atoms with E-state index in [1.807, 2.05) is 0 Å². The topological polar surface area (TPSA) is 12.5 Å². The lowest BCUT2D eigenvalue weighted by Gasteiger charge is -2.08. The summed E-state index contributed by atoms with van der Waals surface area (Å²) in [5.74, 6) is -0.202. The largest absolute Gasteiger partial charge is 0.357 e. The molecule has 1 aliphatic heterocycles. The van der Waals surface area contributed by atoms with E-state index < -0.39 is 8.07 Å². The lowest BCUT2D eigenvalue weighted by Crippen LogP contribution is -2.16. The van der Waals surface area contributed by atoms with Crippen LogP contribution in [0.15, 0.2) is 36.0 Å². The molecule has 0 unspecified atom stereocenters. The van der Waals surface area contributed by atoms with E-state index in [0.717, 1.165) is 5.56 Å². The fourth-order valence-electron chi connectivity index (χ4n) is 1.84. The van der Waals surface area contributed by atoms with E-state index in [1.165, 1.54) is 12.1 Å². The molecule has 0 radical (unpaired) electrons. The Kier molecular flexibility index (Phi) is 3.00. The summed E-state index contributed by atoms with van der Waals surface area (Å²) in [4.78, 5) is 0. The van der Waals surface area contributed by atoms with Gasteiger partial charge in [0.15, 0.2) is 0 Å². The molecule has 0 saturated carbocycles. The van der Waals surface area contributed by atoms with Gasteiger partial charge in [0.2, 0.25) is 0 Å². The minimum Gasteiger partial charge on any atom is -0.357 e. The molecule has 1 aromatic rings. The third-order valence-corrected chi connectivity index (χ3v) is 4.24. The molecule has 1 aromatic carbocycles. The predicted molar refractivity (Wildman–Crippen MR) is 71.1 cm³/mol. The summed E-state index contributed by atoms with van der Waals surface area (Å²) in [5, 5.41) is 0. The molecule has 0 aromatic heterocycles. The molecule has 92 valence electrons. The highest BCUT2D eigenvalue weighted by Crippen LogP contribution is 2.46. The Hall–Kier alpha value is -0.933. The van der Waals surface area contributed by atoms with Crippen molar-refractivity contribution in [2.75, 3.05) is 0 Å². The summed E-state index contributed by atoms with van der Waals surface area (Å²) in [6.07, 6.45) is 2.30. The zero-order chi connectivity index (χ0) is 12.7. The van der Waals surface area contributed by atoms with E-state index in [2.05, 4.69) is 38.3 Å². The molecule has 1 aliphatic rings. The minimum absolute atomic E-state index is 0.139. The Morgan fingerprint density at radius 3 is 2.35 bits per heavy atom. The number of hydrogen-bond donors (Lipinski definition) is 0. The second kappa shape index (κ2) is 4.07. The maximum atomic E-state index is 12.8. The van der Waals surface area contributed by atoms with Gasteiger partial charge < -0.3 is 4.74 Å². The first-order valence-electron chi connectivity index (χ1n) is 5.94. The van der Waals surface area contributed by atoms with Crippen LogP contribution in [-0.2, 0) is 10.3 Å². The van der Waals surface area contributed by atoms with Gasteiger partial charge in [0, 0.05) is 0 Å². The molecule has 0 bridgehead atoms. The van der Waals surface area contributed by atoms with Crippen LogP contribution in [0.4, 0.5) is 4.39 Å². The molecular formula is C14H19FOSi. The highest BCUT2D eigenvalue weighted by atomic mass is 28.3. The Morgan fingerprint density at radius 2 is 1.82 bits per heavy atom. The van der Waals surface area contributed by atoms with Gasteiger partial charge in [0.25, 0.3) is 0 Å². The van der Waals surface area contributed by atoms with Crippen molar-refractivity contribution in [1.29, 1.82) is 0 Å². The number of rotatable bonds is 3. The highest BCUT2D eigenvalue weighted by Gasteiger charge is 2.51. The van der Waals surface area contributed by atoms with E-state index in [-0.39, 0.29) is 17.5 Å². The second-order valence-corrected chi connectivity index (χ2v) is 10.9. The zero-order valence-electron chi connectivity index (χ0n) is 10.8. The highest BCUT2D eigenvalue weighted by molar-refractivity contribution is 6.80. The molecule has 1 nitrogen and oxygen atoms in total. The van der Waals surface area contributed by atoms with Gasteiger partial charge in [-0.25, -0.2) is 4.39 Å². The van der Waals surface area contributed by atoms with Crippen molar-refractivity contribution in [3.63, 3.8) is 0 Å². The lowest BCUT2D eigenvalue weighted by molar-refractivity contribution is 0.320. The first kappa shape index (κ1) is 12.5. The Balaban J connectivity index is 2.09. The molecule has 0 amide bonds. The predicted octanol–water partition coefficient (Wildman–Crippen LogP) is 3.87. The molecule has 1 saturated heterocycles. The van der Waals surface area contributed by atoms with Crippen LogP contribution in [0.25, 0.3) is 0 Å². The second-order valence-electron chi connectivity index (χ2n) is 5.88. The summed E-state index contributed by atoms with van der Waals surface area (Å²) < 4.78 is 18.6. The summed E-state index contributed by atoms with van der Waals surface area (Å²) in [6, 6.07) is 6.58. The molecule has 3 heteroatoms. The number of halogens is 1. The Morgan fingerprint density at radius 1 is 1.24 bits per heavy atom. The van der Waals surface area contributed by atoms with Crippen LogP contribution < -0.4 is 0 Å². The molecule has 0 aliphatic carbocycles. The summed E-state index contributed by atoms with van der Waals surface area (Å²) in [7, 11) is -1.17.